The zero-order valence-electron chi connectivity index (χ0n) is 12.4. The van der Waals surface area contributed by atoms with E-state index >= 15 is 0 Å². The van der Waals surface area contributed by atoms with Gasteiger partial charge in [0, 0.05) is 14.0 Å². The minimum atomic E-state index is -1.40. The summed E-state index contributed by atoms with van der Waals surface area (Å²) in [4.78, 5) is 17.0. The van der Waals surface area contributed by atoms with Crippen LogP contribution in [0, 0.1) is 0 Å². The van der Waals surface area contributed by atoms with Crippen molar-refractivity contribution in [2.75, 3.05) is 14.2 Å². The zero-order valence-corrected chi connectivity index (χ0v) is 12.4. The van der Waals surface area contributed by atoms with Gasteiger partial charge in [-0.3, -0.25) is 4.74 Å². The number of hydrogen-bond acceptors (Lipinski definition) is 6. The molecule has 0 aliphatic carbocycles. The Bertz CT molecular complexity index is 616. The van der Waals surface area contributed by atoms with Crippen LogP contribution in [-0.2, 0) is 29.3 Å². The van der Waals surface area contributed by atoms with E-state index < -0.39 is 23.1 Å². The van der Waals surface area contributed by atoms with Crippen LogP contribution >= 0.6 is 0 Å². The number of fused-ring (bicyclic) bond motifs is 1. The molecule has 112 valence electrons. The summed E-state index contributed by atoms with van der Waals surface area (Å²) >= 11 is 0. The third-order valence-electron chi connectivity index (χ3n) is 4.15. The maximum atomic E-state index is 12.5. The average molecular weight is 291 g/mol. The van der Waals surface area contributed by atoms with E-state index in [2.05, 4.69) is 4.99 Å². The van der Waals surface area contributed by atoms with Crippen LogP contribution in [0.1, 0.15) is 19.4 Å². The lowest BCUT2D eigenvalue weighted by molar-refractivity contribution is -0.487. The van der Waals surface area contributed by atoms with E-state index in [1.165, 1.54) is 14.2 Å². The summed E-state index contributed by atoms with van der Waals surface area (Å²) < 4.78 is 21.8. The Labute approximate surface area is 122 Å². The molecule has 1 saturated heterocycles. The summed E-state index contributed by atoms with van der Waals surface area (Å²) in [6.07, 6.45) is 0. The van der Waals surface area contributed by atoms with Gasteiger partial charge in [0.25, 0.3) is 0 Å². The second-order valence-electron chi connectivity index (χ2n) is 5.21. The number of aliphatic imine (C=N–C) groups is 1. The van der Waals surface area contributed by atoms with Crippen molar-refractivity contribution in [3.63, 3.8) is 0 Å². The molecule has 3 rings (SSSR count). The summed E-state index contributed by atoms with van der Waals surface area (Å²) in [6.45, 7) is 3.46. The second-order valence-corrected chi connectivity index (χ2v) is 5.21. The lowest BCUT2D eigenvalue weighted by Crippen LogP contribution is -2.80. The van der Waals surface area contributed by atoms with Crippen LogP contribution < -0.4 is 0 Å². The number of hydrogen-bond donors (Lipinski definition) is 0. The largest absolute Gasteiger partial charge is 0.467 e. The molecule has 0 unspecified atom stereocenters. The molecule has 3 atom stereocenters. The molecule has 2 heterocycles. The molecule has 2 aliphatic heterocycles. The lowest BCUT2D eigenvalue weighted by atomic mass is 9.69. The highest BCUT2D eigenvalue weighted by molar-refractivity contribution is 5.88. The maximum absolute atomic E-state index is 12.5. The van der Waals surface area contributed by atoms with Crippen LogP contribution in [0.5, 0.6) is 0 Å². The van der Waals surface area contributed by atoms with Gasteiger partial charge in [0.2, 0.25) is 5.60 Å². The molecule has 0 aromatic heterocycles. The first-order valence-electron chi connectivity index (χ1n) is 6.60. The van der Waals surface area contributed by atoms with E-state index in [1.54, 1.807) is 26.0 Å². The fraction of sp³-hybridized carbons (Fsp3) is 0.467. The Kier molecular flexibility index (Phi) is 2.86. The predicted octanol–water partition coefficient (Wildman–Crippen LogP) is 1.59. The molecule has 0 radical (unpaired) electrons. The van der Waals surface area contributed by atoms with E-state index in [1.807, 2.05) is 18.2 Å². The summed E-state index contributed by atoms with van der Waals surface area (Å²) in [6, 6.07) is 9.10. The standard InChI is InChI=1S/C15H17NO5/c1-10-16-13(2)14(12(17)18-3,11-8-6-5-7-9-11)21-15(13,19-4)20-10/h5-9H,1-4H3/t13-,14-,15-/m0/s1. The Morgan fingerprint density at radius 2 is 1.90 bits per heavy atom. The van der Waals surface area contributed by atoms with Crippen LogP contribution in [0.3, 0.4) is 0 Å². The van der Waals surface area contributed by atoms with E-state index in [-0.39, 0.29) is 0 Å². The first-order chi connectivity index (χ1) is 9.96. The highest BCUT2D eigenvalue weighted by atomic mass is 16.9. The van der Waals surface area contributed by atoms with Crippen molar-refractivity contribution in [1.82, 2.24) is 0 Å². The van der Waals surface area contributed by atoms with Gasteiger partial charge < -0.3 is 14.2 Å². The van der Waals surface area contributed by atoms with Gasteiger partial charge in [-0.2, -0.15) is 0 Å². The van der Waals surface area contributed by atoms with Crippen LogP contribution in [0.15, 0.2) is 35.3 Å². The van der Waals surface area contributed by atoms with Crippen molar-refractivity contribution in [2.45, 2.75) is 31.0 Å². The minimum Gasteiger partial charge on any atom is -0.467 e. The van der Waals surface area contributed by atoms with Gasteiger partial charge >= 0.3 is 11.9 Å². The summed E-state index contributed by atoms with van der Waals surface area (Å²) in [5.41, 5.74) is -1.81. The maximum Gasteiger partial charge on any atom is 0.359 e. The number of esters is 1. The Hall–Kier alpha value is -1.92. The highest BCUT2D eigenvalue weighted by Crippen LogP contribution is 2.62. The average Bonchev–Trinajstić information content (AvgIpc) is 2.70. The fourth-order valence-corrected chi connectivity index (χ4v) is 3.17. The van der Waals surface area contributed by atoms with Gasteiger partial charge in [-0.05, 0) is 12.5 Å². The van der Waals surface area contributed by atoms with E-state index in [0.717, 1.165) is 0 Å². The van der Waals surface area contributed by atoms with Crippen LogP contribution in [0.2, 0.25) is 0 Å². The van der Waals surface area contributed by atoms with E-state index in [4.69, 9.17) is 18.9 Å². The molecule has 21 heavy (non-hydrogen) atoms. The van der Waals surface area contributed by atoms with Gasteiger partial charge in [-0.25, -0.2) is 9.79 Å². The zero-order chi connectivity index (χ0) is 15.3. The van der Waals surface area contributed by atoms with Crippen LogP contribution in [-0.4, -0.2) is 37.6 Å². The SMILES string of the molecule is COC(=O)[C@]1(c2ccccc2)O[C@@]2(OC)OC(C)=N[C@]21C. The fourth-order valence-electron chi connectivity index (χ4n) is 3.17. The number of ether oxygens (including phenoxy) is 4. The van der Waals surface area contributed by atoms with Gasteiger partial charge in [-0.15, -0.1) is 0 Å². The summed E-state index contributed by atoms with van der Waals surface area (Å²) in [5, 5.41) is 0. The Morgan fingerprint density at radius 1 is 1.24 bits per heavy atom. The molecule has 1 aromatic rings. The molecule has 6 heteroatoms. The minimum absolute atomic E-state index is 0.404. The third-order valence-corrected chi connectivity index (χ3v) is 4.15. The van der Waals surface area contributed by atoms with Gasteiger partial charge in [0.15, 0.2) is 11.4 Å². The number of rotatable bonds is 3. The van der Waals surface area contributed by atoms with Crippen molar-refractivity contribution >= 4 is 11.9 Å². The van der Waals surface area contributed by atoms with E-state index in [9.17, 15) is 4.79 Å². The van der Waals surface area contributed by atoms with E-state index in [0.29, 0.717) is 11.5 Å². The Morgan fingerprint density at radius 3 is 2.48 bits per heavy atom. The van der Waals surface area contributed by atoms with Gasteiger partial charge in [0.05, 0.1) is 7.11 Å². The molecule has 0 amide bonds. The smallest absolute Gasteiger partial charge is 0.359 e. The van der Waals surface area contributed by atoms with Crippen molar-refractivity contribution in [3.05, 3.63) is 35.9 Å². The van der Waals surface area contributed by atoms with Crippen molar-refractivity contribution in [3.8, 4) is 0 Å². The van der Waals surface area contributed by atoms with Crippen molar-refractivity contribution in [2.24, 2.45) is 4.99 Å². The van der Waals surface area contributed by atoms with Crippen LogP contribution in [0.4, 0.5) is 0 Å². The number of nitrogens with zero attached hydrogens (tertiary/aromatic N) is 1. The first-order valence-corrected chi connectivity index (χ1v) is 6.60. The number of benzene rings is 1. The topological polar surface area (TPSA) is 66.4 Å². The van der Waals surface area contributed by atoms with Gasteiger partial charge in [-0.1, -0.05) is 30.3 Å². The number of carbonyl (C=O) groups excluding carboxylic acids is 1. The normalized spacial score (nSPS) is 37.0. The van der Waals surface area contributed by atoms with Crippen molar-refractivity contribution < 1.29 is 23.7 Å². The summed E-state index contributed by atoms with van der Waals surface area (Å²) in [5.74, 6) is -1.53. The quantitative estimate of drug-likeness (QED) is 0.791. The molecule has 0 spiro atoms. The lowest BCUT2D eigenvalue weighted by Gasteiger charge is -2.58. The first kappa shape index (κ1) is 14.0. The Balaban J connectivity index is 2.19. The highest BCUT2D eigenvalue weighted by Gasteiger charge is 2.84. The number of methoxy groups -OCH3 is 2. The molecule has 2 aliphatic rings. The molecular formula is C15H17NO5. The molecule has 1 fully saturated rings. The van der Waals surface area contributed by atoms with Gasteiger partial charge in [0.1, 0.15) is 0 Å². The van der Waals surface area contributed by atoms with Crippen molar-refractivity contribution in [1.29, 1.82) is 0 Å². The molecular weight excluding hydrogens is 274 g/mol. The second kappa shape index (κ2) is 4.29. The molecule has 1 aromatic carbocycles. The molecule has 6 nitrogen and oxygen atoms in total. The van der Waals surface area contributed by atoms with Crippen LogP contribution in [0.25, 0.3) is 0 Å². The summed E-state index contributed by atoms with van der Waals surface area (Å²) in [7, 11) is 2.78. The molecule has 0 saturated carbocycles. The third kappa shape index (κ3) is 1.43. The predicted molar refractivity (Wildman–Crippen MR) is 73.6 cm³/mol. The monoisotopic (exact) mass is 291 g/mol. The molecule has 0 bridgehead atoms. The number of carbonyl (C=O) groups is 1. The molecule has 0 N–H and O–H groups in total.